The number of anilines is 1. The average Bonchev–Trinajstić information content (AvgIpc) is 3.27. The molecule has 2 heterocycles. The highest BCUT2D eigenvalue weighted by Crippen LogP contribution is 2.42. The molecular formula is C29H37ClFN3O5. The number of amidine groups is 1. The minimum absolute atomic E-state index is 0.0178. The van der Waals surface area contributed by atoms with Crippen LogP contribution < -0.4 is 19.1 Å². The number of hydrogen-bond acceptors (Lipinski definition) is 7. The van der Waals surface area contributed by atoms with Crippen LogP contribution in [0.15, 0.2) is 22.7 Å². The molecule has 0 aliphatic carbocycles. The van der Waals surface area contributed by atoms with Gasteiger partial charge in [-0.15, -0.1) is 0 Å². The Hall–Kier alpha value is -3.04. The normalized spacial score (nSPS) is 16.5. The molecule has 0 saturated carbocycles. The molecule has 1 saturated heterocycles. The van der Waals surface area contributed by atoms with Gasteiger partial charge in [0.05, 0.1) is 51.3 Å². The van der Waals surface area contributed by atoms with Gasteiger partial charge in [0.2, 0.25) is 0 Å². The first-order chi connectivity index (χ1) is 18.6. The number of ketones is 1. The van der Waals surface area contributed by atoms with Crippen molar-refractivity contribution in [3.05, 3.63) is 46.3 Å². The van der Waals surface area contributed by atoms with E-state index in [0.717, 1.165) is 17.0 Å². The summed E-state index contributed by atoms with van der Waals surface area (Å²) in [4.78, 5) is 17.7. The summed E-state index contributed by atoms with van der Waals surface area (Å²) in [5.74, 6) is 0.549. The van der Waals surface area contributed by atoms with E-state index in [1.54, 1.807) is 25.0 Å². The van der Waals surface area contributed by atoms with Crippen LogP contribution in [0.2, 0.25) is 0 Å². The van der Waals surface area contributed by atoms with Crippen LogP contribution in [0.3, 0.4) is 0 Å². The number of nitrogens with zero attached hydrogens (tertiary/aromatic N) is 3. The van der Waals surface area contributed by atoms with E-state index >= 15 is 4.39 Å². The third-order valence-electron chi connectivity index (χ3n) is 6.91. The SMILES string of the molecule is CCOc1cc2c(c(F)c1OCC)/C(=N/Cl)N(CC(=O)c1cc(N3CCOCC3)c(OC)c(C(C)(C)C)c1)C2. The van der Waals surface area contributed by atoms with Crippen LogP contribution in [0.1, 0.15) is 61.7 Å². The van der Waals surface area contributed by atoms with Gasteiger partial charge < -0.3 is 28.7 Å². The molecule has 2 aromatic carbocycles. The van der Waals surface area contributed by atoms with E-state index in [0.29, 0.717) is 49.8 Å². The van der Waals surface area contributed by atoms with Gasteiger partial charge in [-0.05, 0) is 43.0 Å². The molecule has 10 heteroatoms. The van der Waals surface area contributed by atoms with Gasteiger partial charge in [0.15, 0.2) is 28.9 Å². The van der Waals surface area contributed by atoms with Crippen LogP contribution in [0, 0.1) is 5.82 Å². The van der Waals surface area contributed by atoms with Crippen molar-refractivity contribution in [2.75, 3.05) is 58.1 Å². The number of carbonyl (C=O) groups excluding carboxylic acids is 1. The number of hydrogen-bond donors (Lipinski definition) is 0. The lowest BCUT2D eigenvalue weighted by molar-refractivity contribution is 0.0962. The van der Waals surface area contributed by atoms with Crippen molar-refractivity contribution >= 4 is 29.1 Å². The second-order valence-electron chi connectivity index (χ2n) is 10.5. The number of benzene rings is 2. The van der Waals surface area contributed by atoms with Crippen LogP contribution >= 0.6 is 11.8 Å². The largest absolute Gasteiger partial charge is 0.494 e. The number of ether oxygens (including phenoxy) is 4. The van der Waals surface area contributed by atoms with E-state index in [2.05, 4.69) is 30.2 Å². The summed E-state index contributed by atoms with van der Waals surface area (Å²) >= 11 is 5.97. The number of fused-ring (bicyclic) bond motifs is 1. The molecule has 0 atom stereocenters. The molecule has 0 amide bonds. The Morgan fingerprint density at radius 1 is 1.10 bits per heavy atom. The quantitative estimate of drug-likeness (QED) is 0.381. The zero-order valence-corrected chi connectivity index (χ0v) is 24.3. The van der Waals surface area contributed by atoms with Crippen LogP contribution in [-0.4, -0.2) is 69.7 Å². The van der Waals surface area contributed by atoms with Gasteiger partial charge in [0.25, 0.3) is 0 Å². The van der Waals surface area contributed by atoms with Crippen molar-refractivity contribution in [2.24, 2.45) is 4.51 Å². The third kappa shape index (κ3) is 5.79. The molecule has 0 aromatic heterocycles. The summed E-state index contributed by atoms with van der Waals surface area (Å²) in [6.07, 6.45) is 0. The fraction of sp³-hybridized carbons (Fsp3) is 0.517. The Labute approximate surface area is 234 Å². The molecule has 212 valence electrons. The smallest absolute Gasteiger partial charge is 0.197 e. The van der Waals surface area contributed by atoms with Gasteiger partial charge >= 0.3 is 0 Å². The zero-order valence-electron chi connectivity index (χ0n) is 23.5. The standard InChI is InChI=1S/C29H37ClFN3O5/c1-7-38-23-15-19-16-34(28(32-30)24(19)25(31)27(23)39-8-2)17-22(35)18-13-20(29(3,4)5)26(36-6)21(14-18)33-9-11-37-12-10-33/h13-15H,7-12,16-17H2,1-6H3/b32-28-. The topological polar surface area (TPSA) is 72.8 Å². The van der Waals surface area contributed by atoms with Gasteiger partial charge in [-0.25, -0.2) is 4.39 Å². The van der Waals surface area contributed by atoms with Gasteiger partial charge in [0.1, 0.15) is 5.75 Å². The van der Waals surface area contributed by atoms with E-state index in [-0.39, 0.29) is 48.0 Å². The Kier molecular flexibility index (Phi) is 8.91. The number of morpholine rings is 1. The molecule has 0 radical (unpaired) electrons. The number of rotatable bonds is 9. The fourth-order valence-corrected chi connectivity index (χ4v) is 5.27. The zero-order chi connectivity index (χ0) is 28.3. The fourth-order valence-electron chi connectivity index (χ4n) is 5.08. The Bertz CT molecular complexity index is 1250. The highest BCUT2D eigenvalue weighted by Gasteiger charge is 2.35. The van der Waals surface area contributed by atoms with E-state index < -0.39 is 5.82 Å². The molecule has 0 N–H and O–H groups in total. The van der Waals surface area contributed by atoms with Crippen LogP contribution in [-0.2, 0) is 16.7 Å². The predicted octanol–water partition coefficient (Wildman–Crippen LogP) is 5.36. The number of methoxy groups -OCH3 is 1. The lowest BCUT2D eigenvalue weighted by atomic mass is 9.84. The number of carbonyl (C=O) groups is 1. The van der Waals surface area contributed by atoms with Crippen LogP contribution in [0.5, 0.6) is 17.2 Å². The molecule has 2 aromatic rings. The second-order valence-corrected chi connectivity index (χ2v) is 10.7. The van der Waals surface area contributed by atoms with Crippen molar-refractivity contribution in [1.82, 2.24) is 4.90 Å². The Morgan fingerprint density at radius 3 is 2.38 bits per heavy atom. The molecule has 0 spiro atoms. The van der Waals surface area contributed by atoms with E-state index in [4.69, 9.17) is 30.7 Å². The average molecular weight is 562 g/mol. The maximum absolute atomic E-state index is 15.7. The first-order valence-electron chi connectivity index (χ1n) is 13.3. The van der Waals surface area contributed by atoms with Crippen molar-refractivity contribution < 1.29 is 28.1 Å². The van der Waals surface area contributed by atoms with Gasteiger partial charge in [-0.1, -0.05) is 20.8 Å². The summed E-state index contributed by atoms with van der Waals surface area (Å²) in [5, 5.41) is 0. The third-order valence-corrected chi connectivity index (χ3v) is 7.07. The molecule has 0 unspecified atom stereocenters. The predicted molar refractivity (Wildman–Crippen MR) is 151 cm³/mol. The molecule has 8 nitrogen and oxygen atoms in total. The number of Topliss-reactive ketones (excluding diaryl/α,β-unsaturated/α-hetero) is 1. The Morgan fingerprint density at radius 2 is 1.79 bits per heavy atom. The highest BCUT2D eigenvalue weighted by atomic mass is 35.5. The van der Waals surface area contributed by atoms with Crippen molar-refractivity contribution in [2.45, 2.75) is 46.6 Å². The Balaban J connectivity index is 1.70. The summed E-state index contributed by atoms with van der Waals surface area (Å²) in [7, 11) is 1.66. The minimum Gasteiger partial charge on any atom is -0.494 e. The van der Waals surface area contributed by atoms with Crippen molar-refractivity contribution in [3.8, 4) is 17.2 Å². The summed E-state index contributed by atoms with van der Waals surface area (Å²) in [5.41, 5.74) is 2.92. The summed E-state index contributed by atoms with van der Waals surface area (Å²) in [6.45, 7) is 13.3. The highest BCUT2D eigenvalue weighted by molar-refractivity contribution is 6.23. The molecule has 39 heavy (non-hydrogen) atoms. The summed E-state index contributed by atoms with van der Waals surface area (Å²) < 4.78 is 42.1. The molecule has 1 fully saturated rings. The maximum atomic E-state index is 15.7. The lowest BCUT2D eigenvalue weighted by Crippen LogP contribution is -2.37. The summed E-state index contributed by atoms with van der Waals surface area (Å²) in [6, 6.07) is 5.51. The molecule has 4 rings (SSSR count). The first-order valence-corrected chi connectivity index (χ1v) is 13.6. The van der Waals surface area contributed by atoms with E-state index in [1.807, 2.05) is 19.1 Å². The molecule has 2 aliphatic heterocycles. The van der Waals surface area contributed by atoms with E-state index in [1.165, 1.54) is 0 Å². The first kappa shape index (κ1) is 29.0. The van der Waals surface area contributed by atoms with Crippen molar-refractivity contribution in [3.63, 3.8) is 0 Å². The lowest BCUT2D eigenvalue weighted by Gasteiger charge is -2.33. The van der Waals surface area contributed by atoms with Gasteiger partial charge in [0, 0.05) is 42.5 Å². The van der Waals surface area contributed by atoms with Crippen LogP contribution in [0.25, 0.3) is 0 Å². The van der Waals surface area contributed by atoms with Crippen LogP contribution in [0.4, 0.5) is 10.1 Å². The molecular weight excluding hydrogens is 525 g/mol. The monoisotopic (exact) mass is 561 g/mol. The van der Waals surface area contributed by atoms with Gasteiger partial charge in [-0.3, -0.25) is 4.79 Å². The maximum Gasteiger partial charge on any atom is 0.197 e. The number of halogens is 2. The minimum atomic E-state index is -0.596. The van der Waals surface area contributed by atoms with E-state index in [9.17, 15) is 4.79 Å². The second kappa shape index (κ2) is 12.0. The molecule has 0 bridgehead atoms. The van der Waals surface area contributed by atoms with Crippen molar-refractivity contribution in [1.29, 1.82) is 0 Å². The van der Waals surface area contributed by atoms with Gasteiger partial charge in [-0.2, -0.15) is 4.51 Å². The molecule has 2 aliphatic rings.